The van der Waals surface area contributed by atoms with Crippen LogP contribution in [0.2, 0.25) is 0 Å². The van der Waals surface area contributed by atoms with Crippen LogP contribution in [0.1, 0.15) is 22.2 Å². The fourth-order valence-corrected chi connectivity index (χ4v) is 3.25. The number of likely N-dealkylation sites (N-methyl/N-ethyl adjacent to an activating group) is 1. The number of carbonyl (C=O) groups is 2. The molecular weight excluding hydrogens is 384 g/mol. The highest BCUT2D eigenvalue weighted by molar-refractivity contribution is 5.94. The van der Waals surface area contributed by atoms with Crippen molar-refractivity contribution >= 4 is 17.8 Å². The molecule has 1 aromatic heterocycles. The van der Waals surface area contributed by atoms with Crippen LogP contribution in [0.25, 0.3) is 11.1 Å². The summed E-state index contributed by atoms with van der Waals surface area (Å²) < 4.78 is 6.04. The first-order valence-electron chi connectivity index (χ1n) is 9.75. The van der Waals surface area contributed by atoms with E-state index in [0.29, 0.717) is 37.8 Å². The van der Waals surface area contributed by atoms with E-state index >= 15 is 0 Å². The second-order valence-electron chi connectivity index (χ2n) is 7.69. The largest absolute Gasteiger partial charge is 0.369 e. The zero-order valence-electron chi connectivity index (χ0n) is 17.8. The van der Waals surface area contributed by atoms with Gasteiger partial charge in [-0.2, -0.15) is 0 Å². The average molecular weight is 412 g/mol. The number of carbonyl (C=O) groups excluding carboxylic acids is 2. The van der Waals surface area contributed by atoms with Gasteiger partial charge >= 0.3 is 0 Å². The van der Waals surface area contributed by atoms with Crippen molar-refractivity contribution in [1.29, 1.82) is 0 Å². The van der Waals surface area contributed by atoms with Gasteiger partial charge in [0, 0.05) is 58.6 Å². The van der Waals surface area contributed by atoms with E-state index in [1.807, 2.05) is 25.1 Å². The molecule has 1 saturated heterocycles. The fourth-order valence-electron chi connectivity index (χ4n) is 3.25. The first-order valence-corrected chi connectivity index (χ1v) is 9.75. The smallest absolute Gasteiger partial charge is 0.248 e. The number of amides is 2. The topological polar surface area (TPSA) is 105 Å². The van der Waals surface area contributed by atoms with Crippen LogP contribution in [0.3, 0.4) is 0 Å². The Morgan fingerprint density at radius 2 is 2.03 bits per heavy atom. The molecule has 0 aliphatic carbocycles. The van der Waals surface area contributed by atoms with Gasteiger partial charge in [-0.15, -0.1) is 0 Å². The summed E-state index contributed by atoms with van der Waals surface area (Å²) in [5.74, 6) is 0.109. The lowest BCUT2D eigenvalue weighted by molar-refractivity contribution is -0.132. The summed E-state index contributed by atoms with van der Waals surface area (Å²) in [4.78, 5) is 38.5. The molecule has 1 atom stereocenters. The molecular formula is C21H28N6O3. The minimum atomic E-state index is -0.494. The Morgan fingerprint density at radius 1 is 1.27 bits per heavy atom. The number of hydrogen-bond donors (Lipinski definition) is 1. The Kier molecular flexibility index (Phi) is 6.63. The molecule has 160 valence electrons. The number of primary amides is 1. The van der Waals surface area contributed by atoms with Gasteiger partial charge in [0.25, 0.3) is 0 Å². The Balaban J connectivity index is 1.97. The third-order valence-electron chi connectivity index (χ3n) is 4.98. The molecule has 0 radical (unpaired) electrons. The van der Waals surface area contributed by atoms with Crippen LogP contribution in [0.4, 0.5) is 5.95 Å². The summed E-state index contributed by atoms with van der Waals surface area (Å²) in [6.07, 6.45) is 1.41. The molecule has 1 aromatic carbocycles. The number of benzene rings is 1. The van der Waals surface area contributed by atoms with Crippen molar-refractivity contribution < 1.29 is 14.3 Å². The van der Waals surface area contributed by atoms with E-state index in [1.165, 1.54) is 0 Å². The third kappa shape index (κ3) is 4.92. The van der Waals surface area contributed by atoms with Gasteiger partial charge in [0.2, 0.25) is 17.8 Å². The average Bonchev–Trinajstić information content (AvgIpc) is 2.73. The van der Waals surface area contributed by atoms with Gasteiger partial charge in [0.05, 0.1) is 18.8 Å². The van der Waals surface area contributed by atoms with Crippen LogP contribution in [-0.4, -0.2) is 86.0 Å². The predicted molar refractivity (Wildman–Crippen MR) is 114 cm³/mol. The molecule has 0 unspecified atom stereocenters. The number of nitrogens with zero attached hydrogens (tertiary/aromatic N) is 5. The molecule has 0 saturated carbocycles. The molecule has 3 rings (SSSR count). The highest BCUT2D eigenvalue weighted by atomic mass is 16.5. The first-order chi connectivity index (χ1) is 14.3. The standard InChI is InChI=1S/C21H28N6O3/c1-25(2)18(28)13-27-8-9-30-17(12-27)19-16(11-23-21(24-19)26(3)4)14-6-5-7-15(10-14)20(22)29/h5-7,10-11,17H,8-9,12-13H2,1-4H3,(H2,22,29)/t17-/m1/s1. The minimum Gasteiger partial charge on any atom is -0.369 e. The Hall–Kier alpha value is -3.04. The summed E-state index contributed by atoms with van der Waals surface area (Å²) in [5.41, 5.74) is 8.15. The molecule has 1 aliphatic rings. The normalized spacial score (nSPS) is 16.9. The van der Waals surface area contributed by atoms with Gasteiger partial charge in [-0.1, -0.05) is 12.1 Å². The zero-order valence-corrected chi connectivity index (χ0v) is 17.8. The van der Waals surface area contributed by atoms with Gasteiger partial charge in [-0.25, -0.2) is 9.97 Å². The number of nitrogens with two attached hydrogens (primary N) is 1. The number of morpholine rings is 1. The van der Waals surface area contributed by atoms with Crippen molar-refractivity contribution in [2.75, 3.05) is 59.3 Å². The molecule has 2 N–H and O–H groups in total. The minimum absolute atomic E-state index is 0.0432. The number of aromatic nitrogens is 2. The maximum atomic E-state index is 12.2. The predicted octanol–water partition coefficient (Wildman–Crippen LogP) is 0.770. The van der Waals surface area contributed by atoms with Gasteiger partial charge in [0.1, 0.15) is 6.10 Å². The van der Waals surface area contributed by atoms with Crippen molar-refractivity contribution in [3.05, 3.63) is 41.7 Å². The Labute approximate surface area is 176 Å². The van der Waals surface area contributed by atoms with E-state index in [2.05, 4.69) is 9.88 Å². The van der Waals surface area contributed by atoms with Crippen LogP contribution >= 0.6 is 0 Å². The molecule has 9 nitrogen and oxygen atoms in total. The van der Waals surface area contributed by atoms with Gasteiger partial charge < -0.3 is 20.3 Å². The summed E-state index contributed by atoms with van der Waals surface area (Å²) in [6, 6.07) is 7.07. The zero-order chi connectivity index (χ0) is 21.8. The van der Waals surface area contributed by atoms with E-state index in [4.69, 9.17) is 15.5 Å². The number of anilines is 1. The van der Waals surface area contributed by atoms with E-state index < -0.39 is 5.91 Å². The molecule has 1 fully saturated rings. The maximum Gasteiger partial charge on any atom is 0.248 e. The van der Waals surface area contributed by atoms with E-state index in [-0.39, 0.29) is 12.0 Å². The van der Waals surface area contributed by atoms with Crippen LogP contribution < -0.4 is 10.6 Å². The fraction of sp³-hybridized carbons (Fsp3) is 0.429. The SMILES string of the molecule is CN(C)C(=O)CN1CCO[C@@H](c2nc(N(C)C)ncc2-c2cccc(C(N)=O)c2)C1. The summed E-state index contributed by atoms with van der Waals surface area (Å²) in [5, 5.41) is 0. The number of hydrogen-bond acceptors (Lipinski definition) is 7. The lowest BCUT2D eigenvalue weighted by Gasteiger charge is -2.33. The van der Waals surface area contributed by atoms with E-state index in [0.717, 1.165) is 16.8 Å². The van der Waals surface area contributed by atoms with Gasteiger partial charge in [0.15, 0.2) is 0 Å². The van der Waals surface area contributed by atoms with Gasteiger partial charge in [-0.05, 0) is 17.7 Å². The number of rotatable bonds is 6. The monoisotopic (exact) mass is 412 g/mol. The lowest BCUT2D eigenvalue weighted by atomic mass is 9.99. The molecule has 2 heterocycles. The Morgan fingerprint density at radius 3 is 2.70 bits per heavy atom. The number of ether oxygens (including phenoxy) is 1. The van der Waals surface area contributed by atoms with Crippen molar-refractivity contribution in [2.24, 2.45) is 5.73 Å². The molecule has 30 heavy (non-hydrogen) atoms. The molecule has 2 aromatic rings. The van der Waals surface area contributed by atoms with Crippen molar-refractivity contribution in [3.8, 4) is 11.1 Å². The molecule has 1 aliphatic heterocycles. The maximum absolute atomic E-state index is 12.2. The van der Waals surface area contributed by atoms with Crippen LogP contribution in [0.15, 0.2) is 30.5 Å². The van der Waals surface area contributed by atoms with Crippen molar-refractivity contribution in [2.45, 2.75) is 6.10 Å². The Bertz CT molecular complexity index is 931. The quantitative estimate of drug-likeness (QED) is 0.747. The lowest BCUT2D eigenvalue weighted by Crippen LogP contribution is -2.44. The van der Waals surface area contributed by atoms with E-state index in [1.54, 1.807) is 43.4 Å². The molecule has 0 bridgehead atoms. The molecule has 0 spiro atoms. The van der Waals surface area contributed by atoms with Crippen LogP contribution in [0, 0.1) is 0 Å². The second-order valence-corrected chi connectivity index (χ2v) is 7.69. The van der Waals surface area contributed by atoms with Gasteiger partial charge in [-0.3, -0.25) is 14.5 Å². The van der Waals surface area contributed by atoms with Crippen LogP contribution in [0.5, 0.6) is 0 Å². The summed E-state index contributed by atoms with van der Waals surface area (Å²) >= 11 is 0. The van der Waals surface area contributed by atoms with Crippen LogP contribution in [-0.2, 0) is 9.53 Å². The third-order valence-corrected chi connectivity index (χ3v) is 4.98. The summed E-state index contributed by atoms with van der Waals surface area (Å²) in [6.45, 7) is 2.03. The highest BCUT2D eigenvalue weighted by Crippen LogP contribution is 2.32. The van der Waals surface area contributed by atoms with Crippen molar-refractivity contribution in [3.63, 3.8) is 0 Å². The van der Waals surface area contributed by atoms with E-state index in [9.17, 15) is 9.59 Å². The first kappa shape index (κ1) is 21.7. The van der Waals surface area contributed by atoms with Crippen molar-refractivity contribution in [1.82, 2.24) is 19.8 Å². The molecule has 9 heteroatoms. The molecule has 2 amide bonds. The highest BCUT2D eigenvalue weighted by Gasteiger charge is 2.28. The summed E-state index contributed by atoms with van der Waals surface area (Å²) in [7, 11) is 7.24. The second kappa shape index (κ2) is 9.19.